The van der Waals surface area contributed by atoms with Crippen LogP contribution in [-0.2, 0) is 6.42 Å². The second kappa shape index (κ2) is 5.89. The zero-order valence-electron chi connectivity index (χ0n) is 11.2. The molecule has 2 amide bonds. The Hall–Kier alpha value is -1.52. The molecule has 0 aliphatic carbocycles. The summed E-state index contributed by atoms with van der Waals surface area (Å²) >= 11 is 0. The SMILES string of the molecule is CCCc1cc(NC(=O)N2CCCC(C)C2)n[nH]1. The van der Waals surface area contributed by atoms with E-state index >= 15 is 0 Å². The summed E-state index contributed by atoms with van der Waals surface area (Å²) in [5.74, 6) is 1.22. The van der Waals surface area contributed by atoms with Crippen molar-refractivity contribution in [1.82, 2.24) is 15.1 Å². The Bertz CT molecular complexity index is 401. The summed E-state index contributed by atoms with van der Waals surface area (Å²) in [6.07, 6.45) is 4.34. The summed E-state index contributed by atoms with van der Waals surface area (Å²) in [6, 6.07) is 1.88. The summed E-state index contributed by atoms with van der Waals surface area (Å²) in [6.45, 7) is 6.00. The number of H-pyrrole nitrogens is 1. The number of carbonyl (C=O) groups is 1. The van der Waals surface area contributed by atoms with Gasteiger partial charge in [0, 0.05) is 24.8 Å². The van der Waals surface area contributed by atoms with Crippen molar-refractivity contribution >= 4 is 11.8 Å². The smallest absolute Gasteiger partial charge is 0.323 e. The standard InChI is InChI=1S/C13H22N4O/c1-3-5-11-8-12(16-15-11)14-13(18)17-7-4-6-10(2)9-17/h8,10H,3-7,9H2,1-2H3,(H2,14,15,16,18). The Morgan fingerprint density at radius 1 is 1.67 bits per heavy atom. The molecule has 0 spiro atoms. The first-order valence-electron chi connectivity index (χ1n) is 6.79. The van der Waals surface area contributed by atoms with E-state index in [0.717, 1.165) is 38.0 Å². The molecule has 0 aromatic carbocycles. The second-order valence-corrected chi connectivity index (χ2v) is 5.15. The van der Waals surface area contributed by atoms with Crippen LogP contribution < -0.4 is 5.32 Å². The highest BCUT2D eigenvalue weighted by molar-refractivity contribution is 5.88. The van der Waals surface area contributed by atoms with E-state index in [4.69, 9.17) is 0 Å². The average Bonchev–Trinajstić information content (AvgIpc) is 2.77. The molecule has 1 unspecified atom stereocenters. The number of carbonyl (C=O) groups excluding carboxylic acids is 1. The molecule has 1 atom stereocenters. The fraction of sp³-hybridized carbons (Fsp3) is 0.692. The van der Waals surface area contributed by atoms with Crippen molar-refractivity contribution in [2.24, 2.45) is 5.92 Å². The minimum absolute atomic E-state index is 0.0314. The molecule has 0 bridgehead atoms. The molecule has 2 rings (SSSR count). The lowest BCUT2D eigenvalue weighted by atomic mass is 10.0. The number of aromatic amines is 1. The maximum atomic E-state index is 12.0. The molecule has 1 aliphatic heterocycles. The first-order chi connectivity index (χ1) is 8.69. The normalized spacial score (nSPS) is 19.9. The number of aromatic nitrogens is 2. The van der Waals surface area contributed by atoms with E-state index in [1.807, 2.05) is 11.0 Å². The number of urea groups is 1. The predicted molar refractivity (Wildman–Crippen MR) is 71.6 cm³/mol. The molecule has 100 valence electrons. The Labute approximate surface area is 108 Å². The molecule has 1 aromatic rings. The van der Waals surface area contributed by atoms with Crippen molar-refractivity contribution < 1.29 is 4.79 Å². The van der Waals surface area contributed by atoms with E-state index in [2.05, 4.69) is 29.4 Å². The molecular weight excluding hydrogens is 228 g/mol. The van der Waals surface area contributed by atoms with Crippen LogP contribution in [0.1, 0.15) is 38.8 Å². The van der Waals surface area contributed by atoms with Crippen molar-refractivity contribution in [2.75, 3.05) is 18.4 Å². The maximum Gasteiger partial charge on any atom is 0.323 e. The molecular formula is C13H22N4O. The summed E-state index contributed by atoms with van der Waals surface area (Å²) in [7, 11) is 0. The number of amides is 2. The van der Waals surface area contributed by atoms with Crippen LogP contribution in [0, 0.1) is 5.92 Å². The monoisotopic (exact) mass is 250 g/mol. The molecule has 5 heteroatoms. The number of nitrogens with zero attached hydrogens (tertiary/aromatic N) is 2. The van der Waals surface area contributed by atoms with Gasteiger partial charge >= 0.3 is 6.03 Å². The largest absolute Gasteiger partial charge is 0.324 e. The van der Waals surface area contributed by atoms with Gasteiger partial charge in [-0.25, -0.2) is 4.79 Å². The molecule has 0 saturated carbocycles. The van der Waals surface area contributed by atoms with Gasteiger partial charge in [-0.2, -0.15) is 5.10 Å². The number of aryl methyl sites for hydroxylation is 1. The first kappa shape index (κ1) is 12.9. The number of hydrogen-bond donors (Lipinski definition) is 2. The third-order valence-corrected chi connectivity index (χ3v) is 3.33. The average molecular weight is 250 g/mol. The zero-order chi connectivity index (χ0) is 13.0. The number of likely N-dealkylation sites (tertiary alicyclic amines) is 1. The minimum Gasteiger partial charge on any atom is -0.324 e. The molecule has 5 nitrogen and oxygen atoms in total. The van der Waals surface area contributed by atoms with Gasteiger partial charge in [0.15, 0.2) is 5.82 Å². The molecule has 1 aliphatic rings. The summed E-state index contributed by atoms with van der Waals surface area (Å²) in [4.78, 5) is 13.9. The summed E-state index contributed by atoms with van der Waals surface area (Å²) in [5, 5.41) is 9.90. The van der Waals surface area contributed by atoms with E-state index < -0.39 is 0 Å². The van der Waals surface area contributed by atoms with Gasteiger partial charge in [-0.1, -0.05) is 20.3 Å². The van der Waals surface area contributed by atoms with Crippen LogP contribution in [0.25, 0.3) is 0 Å². The lowest BCUT2D eigenvalue weighted by molar-refractivity contribution is 0.182. The fourth-order valence-electron chi connectivity index (χ4n) is 2.39. The van der Waals surface area contributed by atoms with Gasteiger partial charge in [0.2, 0.25) is 0 Å². The summed E-state index contributed by atoms with van der Waals surface area (Å²) < 4.78 is 0. The predicted octanol–water partition coefficient (Wildman–Crippen LogP) is 2.63. The first-order valence-corrected chi connectivity index (χ1v) is 6.79. The molecule has 2 heterocycles. The Morgan fingerprint density at radius 2 is 2.50 bits per heavy atom. The summed E-state index contributed by atoms with van der Waals surface area (Å²) in [5.41, 5.74) is 1.07. The number of hydrogen-bond acceptors (Lipinski definition) is 2. The molecule has 1 fully saturated rings. The third kappa shape index (κ3) is 3.24. The number of anilines is 1. The van der Waals surface area contributed by atoms with Gasteiger partial charge in [-0.3, -0.25) is 10.4 Å². The van der Waals surface area contributed by atoms with Gasteiger partial charge in [0.1, 0.15) is 0 Å². The van der Waals surface area contributed by atoms with Crippen molar-refractivity contribution in [3.05, 3.63) is 11.8 Å². The van der Waals surface area contributed by atoms with Crippen molar-refractivity contribution in [3.63, 3.8) is 0 Å². The fourth-order valence-corrected chi connectivity index (χ4v) is 2.39. The maximum absolute atomic E-state index is 12.0. The molecule has 2 N–H and O–H groups in total. The third-order valence-electron chi connectivity index (χ3n) is 3.33. The molecule has 0 radical (unpaired) electrons. The molecule has 1 aromatic heterocycles. The van der Waals surface area contributed by atoms with E-state index in [1.54, 1.807) is 0 Å². The lowest BCUT2D eigenvalue weighted by Gasteiger charge is -2.30. The Kier molecular flexibility index (Phi) is 4.23. The van der Waals surface area contributed by atoms with Gasteiger partial charge in [-0.15, -0.1) is 0 Å². The lowest BCUT2D eigenvalue weighted by Crippen LogP contribution is -2.41. The van der Waals surface area contributed by atoms with Gasteiger partial charge in [0.25, 0.3) is 0 Å². The van der Waals surface area contributed by atoms with Crippen LogP contribution in [0.2, 0.25) is 0 Å². The molecule has 1 saturated heterocycles. The van der Waals surface area contributed by atoms with Gasteiger partial charge < -0.3 is 4.90 Å². The topological polar surface area (TPSA) is 61.0 Å². The highest BCUT2D eigenvalue weighted by atomic mass is 16.2. The van der Waals surface area contributed by atoms with Gasteiger partial charge in [0.05, 0.1) is 0 Å². The minimum atomic E-state index is -0.0314. The zero-order valence-corrected chi connectivity index (χ0v) is 11.2. The number of rotatable bonds is 3. The van der Waals surface area contributed by atoms with Crippen LogP contribution in [0.3, 0.4) is 0 Å². The van der Waals surface area contributed by atoms with Crippen LogP contribution in [-0.4, -0.2) is 34.2 Å². The molecule has 18 heavy (non-hydrogen) atoms. The second-order valence-electron chi connectivity index (χ2n) is 5.15. The quantitative estimate of drug-likeness (QED) is 0.866. The highest BCUT2D eigenvalue weighted by Crippen LogP contribution is 2.16. The number of piperidine rings is 1. The number of nitrogens with one attached hydrogen (secondary N) is 2. The highest BCUT2D eigenvalue weighted by Gasteiger charge is 2.21. The van der Waals surface area contributed by atoms with Crippen LogP contribution in [0.4, 0.5) is 10.6 Å². The van der Waals surface area contributed by atoms with Crippen LogP contribution in [0.15, 0.2) is 6.07 Å². The Morgan fingerprint density at radius 3 is 3.22 bits per heavy atom. The van der Waals surface area contributed by atoms with Crippen LogP contribution >= 0.6 is 0 Å². The van der Waals surface area contributed by atoms with Crippen molar-refractivity contribution in [1.29, 1.82) is 0 Å². The van der Waals surface area contributed by atoms with Gasteiger partial charge in [-0.05, 0) is 25.2 Å². The van der Waals surface area contributed by atoms with Crippen molar-refractivity contribution in [3.8, 4) is 0 Å². The van der Waals surface area contributed by atoms with E-state index in [-0.39, 0.29) is 6.03 Å². The Balaban J connectivity index is 1.89. The van der Waals surface area contributed by atoms with Crippen LogP contribution in [0.5, 0.6) is 0 Å². The van der Waals surface area contributed by atoms with E-state index in [0.29, 0.717) is 11.7 Å². The van der Waals surface area contributed by atoms with E-state index in [9.17, 15) is 4.79 Å². The van der Waals surface area contributed by atoms with E-state index in [1.165, 1.54) is 6.42 Å². The van der Waals surface area contributed by atoms with Crippen molar-refractivity contribution in [2.45, 2.75) is 39.5 Å².